The molecular formula is C25H22N8O. The number of nitrogens with one attached hydrogen (secondary N) is 3. The Bertz CT molecular complexity index is 1370. The highest BCUT2D eigenvalue weighted by molar-refractivity contribution is 5.92. The van der Waals surface area contributed by atoms with Gasteiger partial charge >= 0.3 is 0 Å². The van der Waals surface area contributed by atoms with Crippen molar-refractivity contribution in [2.24, 2.45) is 0 Å². The Labute approximate surface area is 196 Å². The fourth-order valence-corrected chi connectivity index (χ4v) is 3.90. The van der Waals surface area contributed by atoms with Crippen LogP contribution in [0.5, 0.6) is 0 Å². The van der Waals surface area contributed by atoms with Crippen molar-refractivity contribution in [2.45, 2.75) is 18.9 Å². The van der Waals surface area contributed by atoms with Crippen LogP contribution >= 0.6 is 0 Å². The molecule has 0 saturated carbocycles. The van der Waals surface area contributed by atoms with Gasteiger partial charge in [-0.05, 0) is 48.9 Å². The van der Waals surface area contributed by atoms with Gasteiger partial charge in [0.15, 0.2) is 5.82 Å². The molecule has 0 unspecified atom stereocenters. The van der Waals surface area contributed by atoms with Crippen molar-refractivity contribution in [1.82, 2.24) is 25.3 Å². The van der Waals surface area contributed by atoms with E-state index in [1.54, 1.807) is 48.9 Å². The van der Waals surface area contributed by atoms with Crippen molar-refractivity contribution in [3.63, 3.8) is 0 Å². The summed E-state index contributed by atoms with van der Waals surface area (Å²) >= 11 is 0. The summed E-state index contributed by atoms with van der Waals surface area (Å²) in [6, 6.07) is 14.8. The molecular weight excluding hydrogens is 428 g/mol. The second-order valence-corrected chi connectivity index (χ2v) is 8.09. The highest BCUT2D eigenvalue weighted by Gasteiger charge is 2.18. The summed E-state index contributed by atoms with van der Waals surface area (Å²) in [6.07, 6.45) is 6.28. The average Bonchev–Trinajstić information content (AvgIpc) is 3.38. The molecule has 0 bridgehead atoms. The summed E-state index contributed by atoms with van der Waals surface area (Å²) in [6.45, 7) is 1.86. The van der Waals surface area contributed by atoms with Crippen LogP contribution < -0.4 is 16.0 Å². The van der Waals surface area contributed by atoms with E-state index in [2.05, 4.69) is 37.0 Å². The average molecular weight is 451 g/mol. The number of benzene rings is 1. The lowest BCUT2D eigenvalue weighted by Gasteiger charge is -2.15. The van der Waals surface area contributed by atoms with Crippen molar-refractivity contribution in [1.29, 1.82) is 5.26 Å². The van der Waals surface area contributed by atoms with Crippen LogP contribution in [0.25, 0.3) is 22.3 Å². The molecule has 1 aliphatic heterocycles. The van der Waals surface area contributed by atoms with Gasteiger partial charge in [-0.2, -0.15) is 5.26 Å². The van der Waals surface area contributed by atoms with Gasteiger partial charge in [0, 0.05) is 35.9 Å². The molecule has 1 atom stereocenters. The first kappa shape index (κ1) is 21.4. The monoisotopic (exact) mass is 450 g/mol. The van der Waals surface area contributed by atoms with E-state index in [9.17, 15) is 4.79 Å². The topological polar surface area (TPSA) is 129 Å². The number of carbonyl (C=O) groups is 1. The van der Waals surface area contributed by atoms with E-state index in [4.69, 9.17) is 10.2 Å². The normalized spacial score (nSPS) is 15.1. The number of hydrogen-bond donors (Lipinski definition) is 3. The minimum absolute atomic E-state index is 0.180. The van der Waals surface area contributed by atoms with Crippen LogP contribution in [0.4, 0.5) is 11.6 Å². The Morgan fingerprint density at radius 2 is 2.03 bits per heavy atom. The van der Waals surface area contributed by atoms with Gasteiger partial charge in [0.2, 0.25) is 5.91 Å². The number of hydrogen-bond acceptors (Lipinski definition) is 8. The molecule has 1 aliphatic rings. The smallest absolute Gasteiger partial charge is 0.229 e. The van der Waals surface area contributed by atoms with Crippen LogP contribution in [-0.4, -0.2) is 45.0 Å². The van der Waals surface area contributed by atoms with Gasteiger partial charge in [0.05, 0.1) is 29.8 Å². The standard InChI is InChI=1S/C25H22N8O/c26-13-17-3-1-16(2-4-17)11-23(34)32-22-12-18(5-10-29-22)24-31-21-15-28-9-7-20(21)25(33-24)30-19-6-8-27-14-19/h1-5,7,9-10,12,15,19,27H,6,8,11,14H2,(H,29,32,34)(H,30,31,33)/t19-/m1/s1. The Morgan fingerprint density at radius 1 is 1.15 bits per heavy atom. The summed E-state index contributed by atoms with van der Waals surface area (Å²) in [5.41, 5.74) is 2.85. The van der Waals surface area contributed by atoms with Crippen LogP contribution in [0, 0.1) is 11.3 Å². The number of anilines is 2. The quantitative estimate of drug-likeness (QED) is 0.409. The molecule has 1 amide bonds. The third kappa shape index (κ3) is 4.82. The Kier molecular flexibility index (Phi) is 6.05. The maximum atomic E-state index is 12.5. The summed E-state index contributed by atoms with van der Waals surface area (Å²) < 4.78 is 0. The molecule has 4 heterocycles. The van der Waals surface area contributed by atoms with Crippen LogP contribution in [0.15, 0.2) is 61.1 Å². The van der Waals surface area contributed by atoms with Crippen molar-refractivity contribution >= 4 is 28.4 Å². The molecule has 1 fully saturated rings. The first-order valence-electron chi connectivity index (χ1n) is 11.0. The lowest BCUT2D eigenvalue weighted by Crippen LogP contribution is -2.23. The molecule has 168 valence electrons. The number of nitriles is 1. The predicted octanol–water partition coefficient (Wildman–Crippen LogP) is 2.91. The van der Waals surface area contributed by atoms with Gasteiger partial charge < -0.3 is 16.0 Å². The third-order valence-electron chi connectivity index (χ3n) is 5.63. The molecule has 34 heavy (non-hydrogen) atoms. The van der Waals surface area contributed by atoms with Gasteiger partial charge in [-0.3, -0.25) is 9.78 Å². The number of pyridine rings is 2. The first-order chi connectivity index (χ1) is 16.7. The largest absolute Gasteiger partial charge is 0.365 e. The second kappa shape index (κ2) is 9.60. The Morgan fingerprint density at radius 3 is 2.82 bits per heavy atom. The zero-order valence-electron chi connectivity index (χ0n) is 18.3. The predicted molar refractivity (Wildman–Crippen MR) is 129 cm³/mol. The third-order valence-corrected chi connectivity index (χ3v) is 5.63. The molecule has 9 heteroatoms. The van der Waals surface area contributed by atoms with Crippen LogP contribution in [0.2, 0.25) is 0 Å². The minimum Gasteiger partial charge on any atom is -0.365 e. The first-order valence-corrected chi connectivity index (χ1v) is 11.0. The zero-order chi connectivity index (χ0) is 23.3. The van der Waals surface area contributed by atoms with Crippen molar-refractivity contribution < 1.29 is 4.79 Å². The van der Waals surface area contributed by atoms with Crippen molar-refractivity contribution in [3.05, 3.63) is 72.2 Å². The van der Waals surface area contributed by atoms with Gasteiger partial charge in [-0.1, -0.05) is 12.1 Å². The highest BCUT2D eigenvalue weighted by Crippen LogP contribution is 2.26. The van der Waals surface area contributed by atoms with E-state index >= 15 is 0 Å². The van der Waals surface area contributed by atoms with E-state index in [1.165, 1.54) is 0 Å². The Hall–Kier alpha value is -4.42. The molecule has 0 radical (unpaired) electrons. The molecule has 1 aromatic carbocycles. The molecule has 5 rings (SSSR count). The maximum Gasteiger partial charge on any atom is 0.229 e. The summed E-state index contributed by atoms with van der Waals surface area (Å²) in [5, 5.41) is 19.5. The van der Waals surface area contributed by atoms with Gasteiger partial charge in [0.25, 0.3) is 0 Å². The molecule has 3 aromatic heterocycles. The van der Waals surface area contributed by atoms with E-state index in [-0.39, 0.29) is 12.3 Å². The molecule has 0 aliphatic carbocycles. The lowest BCUT2D eigenvalue weighted by atomic mass is 10.1. The van der Waals surface area contributed by atoms with E-state index in [0.29, 0.717) is 23.2 Å². The molecule has 1 saturated heterocycles. The van der Waals surface area contributed by atoms with Crippen LogP contribution in [0.3, 0.4) is 0 Å². The van der Waals surface area contributed by atoms with Crippen molar-refractivity contribution in [2.75, 3.05) is 23.7 Å². The summed E-state index contributed by atoms with van der Waals surface area (Å²) in [7, 11) is 0. The van der Waals surface area contributed by atoms with Gasteiger partial charge in [-0.25, -0.2) is 15.0 Å². The number of rotatable bonds is 6. The number of aromatic nitrogens is 4. The van der Waals surface area contributed by atoms with E-state index < -0.39 is 0 Å². The van der Waals surface area contributed by atoms with Crippen LogP contribution in [-0.2, 0) is 11.2 Å². The fraction of sp³-hybridized carbons (Fsp3) is 0.200. The summed E-state index contributed by atoms with van der Waals surface area (Å²) in [4.78, 5) is 30.5. The number of amides is 1. The van der Waals surface area contributed by atoms with E-state index in [1.807, 2.05) is 12.1 Å². The van der Waals surface area contributed by atoms with Gasteiger partial charge in [0.1, 0.15) is 11.6 Å². The van der Waals surface area contributed by atoms with Crippen LogP contribution in [0.1, 0.15) is 17.5 Å². The molecule has 3 N–H and O–H groups in total. The minimum atomic E-state index is -0.200. The summed E-state index contributed by atoms with van der Waals surface area (Å²) in [5.74, 6) is 1.51. The lowest BCUT2D eigenvalue weighted by molar-refractivity contribution is -0.115. The molecule has 4 aromatic rings. The Balaban J connectivity index is 1.38. The van der Waals surface area contributed by atoms with E-state index in [0.717, 1.165) is 47.4 Å². The highest BCUT2D eigenvalue weighted by atomic mass is 16.1. The molecule has 9 nitrogen and oxygen atoms in total. The number of carbonyl (C=O) groups excluding carboxylic acids is 1. The van der Waals surface area contributed by atoms with Crippen molar-refractivity contribution in [3.8, 4) is 17.5 Å². The number of fused-ring (bicyclic) bond motifs is 1. The van der Waals surface area contributed by atoms with Gasteiger partial charge in [-0.15, -0.1) is 0 Å². The number of nitrogens with zero attached hydrogens (tertiary/aromatic N) is 5. The molecule has 0 spiro atoms. The zero-order valence-corrected chi connectivity index (χ0v) is 18.3. The fourth-order valence-electron chi connectivity index (χ4n) is 3.90. The second-order valence-electron chi connectivity index (χ2n) is 8.09. The maximum absolute atomic E-state index is 12.5. The SMILES string of the molecule is N#Cc1ccc(CC(=O)Nc2cc(-c3nc(N[C@@H]4CCNC4)c4ccncc4n3)ccn2)cc1.